The second kappa shape index (κ2) is 3.67. The summed E-state index contributed by atoms with van der Waals surface area (Å²) in [4.78, 5) is 10.6. The zero-order chi connectivity index (χ0) is 10.9. The molecule has 0 aliphatic heterocycles. The van der Waals surface area contributed by atoms with Crippen molar-refractivity contribution in [1.29, 1.82) is 0 Å². The highest BCUT2D eigenvalue weighted by Gasteiger charge is 2.13. The molecule has 0 saturated carbocycles. The average molecular weight is 195 g/mol. The molecule has 1 aromatic carbocycles. The highest BCUT2D eigenvalue weighted by molar-refractivity contribution is 5.72. The van der Waals surface area contributed by atoms with Crippen LogP contribution in [0.15, 0.2) is 12.1 Å². The van der Waals surface area contributed by atoms with Crippen molar-refractivity contribution in [2.24, 2.45) is 0 Å². The maximum Gasteiger partial charge on any atom is 0.150 e. The number of aryl methyl sites for hydroxylation is 2. The lowest BCUT2D eigenvalue weighted by molar-refractivity contribution is -0.443. The third kappa shape index (κ3) is 1.85. The van der Waals surface area contributed by atoms with Crippen molar-refractivity contribution < 1.29 is 20.7 Å². The standard InChI is InChI=1S/C10H13NO3/c1-5-3-7(8(11)10(13)14)4-6(2)9(5)12/h3-4,8,12H,11H2,1-2H3,(H,13,14)/t8-/m0/s1. The molecule has 76 valence electrons. The molecular formula is C10H13NO3. The van der Waals surface area contributed by atoms with Gasteiger partial charge < -0.3 is 20.7 Å². The maximum absolute atomic E-state index is 10.6. The summed E-state index contributed by atoms with van der Waals surface area (Å²) in [5, 5.41) is 20.0. The SMILES string of the molecule is Cc1cc([C@H]([NH3+])C(=O)[O-])cc(C)c1O. The Morgan fingerprint density at radius 1 is 1.43 bits per heavy atom. The lowest BCUT2D eigenvalue weighted by atomic mass is 10.0. The van der Waals surface area contributed by atoms with Crippen molar-refractivity contribution in [2.45, 2.75) is 19.9 Å². The summed E-state index contributed by atoms with van der Waals surface area (Å²) in [6.45, 7) is 3.43. The van der Waals surface area contributed by atoms with Gasteiger partial charge in [-0.15, -0.1) is 0 Å². The quantitative estimate of drug-likeness (QED) is 0.637. The summed E-state index contributed by atoms with van der Waals surface area (Å²) in [7, 11) is 0. The largest absolute Gasteiger partial charge is 0.544 e. The fourth-order valence-electron chi connectivity index (χ4n) is 1.33. The van der Waals surface area contributed by atoms with Crippen molar-refractivity contribution >= 4 is 5.97 Å². The molecule has 0 heterocycles. The van der Waals surface area contributed by atoms with Crippen LogP contribution < -0.4 is 10.8 Å². The van der Waals surface area contributed by atoms with Crippen LogP contribution in [0.25, 0.3) is 0 Å². The number of carbonyl (C=O) groups is 1. The first-order valence-corrected chi connectivity index (χ1v) is 4.27. The second-order valence-corrected chi connectivity index (χ2v) is 3.37. The minimum atomic E-state index is -1.21. The number of rotatable bonds is 2. The number of carboxylic acid groups (broad SMARTS) is 1. The van der Waals surface area contributed by atoms with Crippen LogP contribution in [0.1, 0.15) is 22.7 Å². The van der Waals surface area contributed by atoms with Crippen molar-refractivity contribution in [3.8, 4) is 5.75 Å². The van der Waals surface area contributed by atoms with Gasteiger partial charge in [0.25, 0.3) is 0 Å². The molecule has 0 amide bonds. The molecule has 1 aromatic rings. The van der Waals surface area contributed by atoms with Gasteiger partial charge in [0.2, 0.25) is 0 Å². The number of phenolic OH excluding ortho intramolecular Hbond substituents is 1. The zero-order valence-corrected chi connectivity index (χ0v) is 8.20. The van der Waals surface area contributed by atoms with E-state index in [1.165, 1.54) is 0 Å². The second-order valence-electron chi connectivity index (χ2n) is 3.37. The number of aliphatic carboxylic acids is 1. The molecule has 4 nitrogen and oxygen atoms in total. The number of benzene rings is 1. The summed E-state index contributed by atoms with van der Waals surface area (Å²) >= 11 is 0. The minimum Gasteiger partial charge on any atom is -0.544 e. The van der Waals surface area contributed by atoms with Gasteiger partial charge in [0.05, 0.1) is 0 Å². The van der Waals surface area contributed by atoms with Crippen LogP contribution in [0.2, 0.25) is 0 Å². The first kappa shape index (κ1) is 10.5. The van der Waals surface area contributed by atoms with Crippen molar-refractivity contribution in [1.82, 2.24) is 0 Å². The monoisotopic (exact) mass is 195 g/mol. The predicted molar refractivity (Wildman–Crippen MR) is 48.2 cm³/mol. The first-order valence-electron chi connectivity index (χ1n) is 4.27. The molecule has 4 heteroatoms. The Labute approximate surface area is 82.0 Å². The van der Waals surface area contributed by atoms with Crippen LogP contribution in [-0.4, -0.2) is 11.1 Å². The van der Waals surface area contributed by atoms with Crippen LogP contribution in [0.5, 0.6) is 5.75 Å². The number of quaternary nitrogens is 1. The lowest BCUT2D eigenvalue weighted by Gasteiger charge is -2.12. The third-order valence-electron chi connectivity index (χ3n) is 2.20. The Balaban J connectivity index is 3.19. The first-order chi connectivity index (χ1) is 6.43. The highest BCUT2D eigenvalue weighted by atomic mass is 16.4. The minimum absolute atomic E-state index is 0.194. The Bertz CT molecular complexity index is 351. The van der Waals surface area contributed by atoms with Crippen LogP contribution in [-0.2, 0) is 4.79 Å². The number of phenols is 1. The van der Waals surface area contributed by atoms with E-state index in [1.807, 2.05) is 0 Å². The average Bonchev–Trinajstić information content (AvgIpc) is 2.12. The van der Waals surface area contributed by atoms with Gasteiger partial charge in [-0.3, -0.25) is 0 Å². The smallest absolute Gasteiger partial charge is 0.150 e. The summed E-state index contributed by atoms with van der Waals surface area (Å²) in [6, 6.07) is 2.32. The number of aromatic hydroxyl groups is 1. The van der Waals surface area contributed by atoms with Crippen LogP contribution >= 0.6 is 0 Å². The maximum atomic E-state index is 10.6. The van der Waals surface area contributed by atoms with E-state index < -0.39 is 12.0 Å². The van der Waals surface area contributed by atoms with Gasteiger partial charge >= 0.3 is 0 Å². The van der Waals surface area contributed by atoms with Gasteiger partial charge in [-0.2, -0.15) is 0 Å². The summed E-state index contributed by atoms with van der Waals surface area (Å²) < 4.78 is 0. The van der Waals surface area contributed by atoms with E-state index in [-0.39, 0.29) is 5.75 Å². The Morgan fingerprint density at radius 2 is 1.86 bits per heavy atom. The third-order valence-corrected chi connectivity index (χ3v) is 2.20. The molecule has 0 aromatic heterocycles. The summed E-state index contributed by atoms with van der Waals surface area (Å²) in [6.07, 6.45) is 0. The van der Waals surface area contributed by atoms with E-state index in [9.17, 15) is 15.0 Å². The Hall–Kier alpha value is -1.55. The van der Waals surface area contributed by atoms with E-state index in [4.69, 9.17) is 0 Å². The molecule has 0 bridgehead atoms. The summed E-state index contributed by atoms with van der Waals surface area (Å²) in [5.74, 6) is -1.02. The Morgan fingerprint density at radius 3 is 2.21 bits per heavy atom. The van der Waals surface area contributed by atoms with E-state index in [1.54, 1.807) is 26.0 Å². The van der Waals surface area contributed by atoms with Crippen molar-refractivity contribution in [3.63, 3.8) is 0 Å². The normalized spacial score (nSPS) is 12.5. The van der Waals surface area contributed by atoms with Crippen LogP contribution in [0, 0.1) is 13.8 Å². The van der Waals surface area contributed by atoms with E-state index in [0.717, 1.165) is 0 Å². The van der Waals surface area contributed by atoms with Crippen molar-refractivity contribution in [3.05, 3.63) is 28.8 Å². The Kier molecular flexibility index (Phi) is 2.76. The fraction of sp³-hybridized carbons (Fsp3) is 0.300. The van der Waals surface area contributed by atoms with E-state index in [2.05, 4.69) is 5.73 Å². The van der Waals surface area contributed by atoms with Gasteiger partial charge in [-0.25, -0.2) is 0 Å². The molecule has 0 saturated heterocycles. The van der Waals surface area contributed by atoms with E-state index >= 15 is 0 Å². The molecule has 0 spiro atoms. The number of hydrogen-bond donors (Lipinski definition) is 2. The van der Waals surface area contributed by atoms with Gasteiger partial charge in [0.1, 0.15) is 11.7 Å². The number of hydrogen-bond acceptors (Lipinski definition) is 3. The molecular weight excluding hydrogens is 182 g/mol. The topological polar surface area (TPSA) is 88.0 Å². The molecule has 14 heavy (non-hydrogen) atoms. The van der Waals surface area contributed by atoms with Gasteiger partial charge in [0.15, 0.2) is 6.04 Å². The zero-order valence-electron chi connectivity index (χ0n) is 8.20. The van der Waals surface area contributed by atoms with Crippen molar-refractivity contribution in [2.75, 3.05) is 0 Å². The molecule has 0 fully saturated rings. The van der Waals surface area contributed by atoms with Gasteiger partial charge in [0, 0.05) is 5.56 Å². The van der Waals surface area contributed by atoms with Gasteiger partial charge in [-0.1, -0.05) is 0 Å². The fourth-order valence-corrected chi connectivity index (χ4v) is 1.33. The lowest BCUT2D eigenvalue weighted by Crippen LogP contribution is -2.61. The molecule has 0 aliphatic rings. The predicted octanol–water partition coefficient (Wildman–Crippen LogP) is -0.958. The number of carbonyl (C=O) groups excluding carboxylic acids is 1. The van der Waals surface area contributed by atoms with Crippen LogP contribution in [0.3, 0.4) is 0 Å². The summed E-state index contributed by atoms with van der Waals surface area (Å²) in [5.41, 5.74) is 5.33. The highest BCUT2D eigenvalue weighted by Crippen LogP contribution is 2.24. The van der Waals surface area contributed by atoms with Crippen LogP contribution in [0.4, 0.5) is 0 Å². The molecule has 0 aliphatic carbocycles. The molecule has 1 rings (SSSR count). The molecule has 1 atom stereocenters. The molecule has 4 N–H and O–H groups in total. The number of carboxylic acids is 1. The van der Waals surface area contributed by atoms with Gasteiger partial charge in [-0.05, 0) is 37.1 Å². The van der Waals surface area contributed by atoms with E-state index in [0.29, 0.717) is 16.7 Å². The molecule has 0 radical (unpaired) electrons. The molecule has 0 unspecified atom stereocenters.